The molecule has 0 saturated carbocycles. The van der Waals surface area contributed by atoms with Gasteiger partial charge in [-0.15, -0.1) is 12.4 Å². The minimum atomic E-state index is 0. The number of amides is 1. The smallest absolute Gasteiger partial charge is 0.236 e. The lowest BCUT2D eigenvalue weighted by molar-refractivity contribution is -0.129. The van der Waals surface area contributed by atoms with Crippen molar-refractivity contribution in [3.8, 4) is 5.75 Å². The molecule has 1 aromatic carbocycles. The van der Waals surface area contributed by atoms with Gasteiger partial charge in [-0.2, -0.15) is 0 Å². The Balaban J connectivity index is 0.00000400. The molecule has 1 rings (SSSR count). The number of hydrogen-bond donors (Lipinski definition) is 1. The van der Waals surface area contributed by atoms with E-state index in [2.05, 4.69) is 5.32 Å². The summed E-state index contributed by atoms with van der Waals surface area (Å²) in [6.45, 7) is 1.97. The van der Waals surface area contributed by atoms with Crippen molar-refractivity contribution in [1.82, 2.24) is 10.2 Å². The van der Waals surface area contributed by atoms with E-state index in [4.69, 9.17) is 21.1 Å². The molecular formula is C14H22Cl2N2O3. The van der Waals surface area contributed by atoms with Gasteiger partial charge in [-0.25, -0.2) is 0 Å². The van der Waals surface area contributed by atoms with Crippen molar-refractivity contribution in [3.63, 3.8) is 0 Å². The van der Waals surface area contributed by atoms with Gasteiger partial charge in [0.05, 0.1) is 20.3 Å². The van der Waals surface area contributed by atoms with E-state index in [0.717, 1.165) is 11.3 Å². The monoisotopic (exact) mass is 336 g/mol. The van der Waals surface area contributed by atoms with Crippen LogP contribution >= 0.6 is 24.0 Å². The van der Waals surface area contributed by atoms with Crippen LogP contribution in [-0.4, -0.2) is 51.8 Å². The number of carbonyl (C=O) groups excluding carboxylic acids is 1. The van der Waals surface area contributed by atoms with E-state index < -0.39 is 0 Å². The van der Waals surface area contributed by atoms with Crippen LogP contribution in [0, 0.1) is 0 Å². The van der Waals surface area contributed by atoms with Crippen molar-refractivity contribution >= 4 is 29.9 Å². The van der Waals surface area contributed by atoms with Crippen molar-refractivity contribution < 1.29 is 14.3 Å². The molecule has 1 aromatic rings. The quantitative estimate of drug-likeness (QED) is 0.737. The van der Waals surface area contributed by atoms with Crippen molar-refractivity contribution in [2.75, 3.05) is 41.0 Å². The van der Waals surface area contributed by atoms with Crippen molar-refractivity contribution in [1.29, 1.82) is 0 Å². The number of methoxy groups -OCH3 is 2. The fraction of sp³-hybridized carbons (Fsp3) is 0.500. The van der Waals surface area contributed by atoms with Crippen LogP contribution in [0.15, 0.2) is 18.2 Å². The summed E-state index contributed by atoms with van der Waals surface area (Å²) in [5.74, 6) is 0.726. The molecule has 0 aromatic heterocycles. The highest BCUT2D eigenvalue weighted by atomic mass is 35.5. The van der Waals surface area contributed by atoms with E-state index in [1.807, 2.05) is 6.07 Å². The van der Waals surface area contributed by atoms with Crippen LogP contribution in [0.2, 0.25) is 5.02 Å². The molecule has 0 radical (unpaired) electrons. The molecule has 0 bridgehead atoms. The molecule has 7 heteroatoms. The average molecular weight is 337 g/mol. The van der Waals surface area contributed by atoms with Crippen LogP contribution in [0.5, 0.6) is 5.75 Å². The third kappa shape index (κ3) is 7.00. The first-order valence-corrected chi connectivity index (χ1v) is 6.72. The van der Waals surface area contributed by atoms with Gasteiger partial charge in [0.2, 0.25) is 5.91 Å². The number of carbonyl (C=O) groups is 1. The van der Waals surface area contributed by atoms with Crippen molar-refractivity contribution in [2.24, 2.45) is 0 Å². The number of nitrogens with one attached hydrogen (secondary N) is 1. The topological polar surface area (TPSA) is 50.8 Å². The maximum absolute atomic E-state index is 11.9. The first-order chi connectivity index (χ1) is 9.58. The number of likely N-dealkylation sites (N-methyl/N-ethyl adjacent to an activating group) is 1. The number of ether oxygens (including phenoxy) is 2. The summed E-state index contributed by atoms with van der Waals surface area (Å²) in [7, 11) is 4.97. The Kier molecular flexibility index (Phi) is 10.2. The van der Waals surface area contributed by atoms with Crippen LogP contribution in [0.25, 0.3) is 0 Å². The standard InChI is InChI=1S/C14H21ClN2O3.ClH/c1-17(14(18)9-16-6-7-19-2)10-11-8-12(15)4-5-13(11)20-3;/h4-5,8,16H,6-7,9-10H2,1-3H3;1H. The summed E-state index contributed by atoms with van der Waals surface area (Å²) < 4.78 is 10.2. The predicted molar refractivity (Wildman–Crippen MR) is 86.5 cm³/mol. The van der Waals surface area contributed by atoms with Gasteiger partial charge < -0.3 is 19.7 Å². The van der Waals surface area contributed by atoms with E-state index in [9.17, 15) is 4.79 Å². The number of halogens is 2. The predicted octanol–water partition coefficient (Wildman–Crippen LogP) is 1.96. The molecule has 0 aliphatic rings. The molecule has 0 atom stereocenters. The number of rotatable bonds is 8. The molecule has 0 aliphatic carbocycles. The third-order valence-electron chi connectivity index (χ3n) is 2.83. The van der Waals surface area contributed by atoms with Crippen LogP contribution in [0.3, 0.4) is 0 Å². The summed E-state index contributed by atoms with van der Waals surface area (Å²) in [6.07, 6.45) is 0. The largest absolute Gasteiger partial charge is 0.496 e. The Labute approximate surface area is 137 Å². The van der Waals surface area contributed by atoms with Crippen LogP contribution < -0.4 is 10.1 Å². The molecule has 0 fully saturated rings. The minimum absolute atomic E-state index is 0. The highest BCUT2D eigenvalue weighted by Crippen LogP contribution is 2.23. The maximum atomic E-state index is 11.9. The second-order valence-electron chi connectivity index (χ2n) is 4.38. The minimum Gasteiger partial charge on any atom is -0.496 e. The summed E-state index contributed by atoms with van der Waals surface area (Å²) in [4.78, 5) is 13.6. The van der Waals surface area contributed by atoms with Gasteiger partial charge in [-0.1, -0.05) is 11.6 Å². The highest BCUT2D eigenvalue weighted by Gasteiger charge is 2.12. The fourth-order valence-electron chi connectivity index (χ4n) is 1.72. The van der Waals surface area contributed by atoms with E-state index in [1.165, 1.54) is 0 Å². The molecular weight excluding hydrogens is 315 g/mol. The summed E-state index contributed by atoms with van der Waals surface area (Å²) >= 11 is 5.97. The van der Waals surface area contributed by atoms with Gasteiger partial charge in [0.1, 0.15) is 5.75 Å². The second kappa shape index (κ2) is 10.7. The first kappa shape index (κ1) is 20.0. The van der Waals surface area contributed by atoms with Crippen LogP contribution in [0.1, 0.15) is 5.56 Å². The molecule has 1 N–H and O–H groups in total. The Hall–Kier alpha value is -1.01. The number of nitrogens with zero attached hydrogens (tertiary/aromatic N) is 1. The molecule has 0 saturated heterocycles. The van der Waals surface area contributed by atoms with E-state index in [1.54, 1.807) is 38.3 Å². The molecule has 1 amide bonds. The highest BCUT2D eigenvalue weighted by molar-refractivity contribution is 6.30. The van der Waals surface area contributed by atoms with Crippen LogP contribution in [-0.2, 0) is 16.1 Å². The van der Waals surface area contributed by atoms with Gasteiger partial charge >= 0.3 is 0 Å². The summed E-state index contributed by atoms with van der Waals surface area (Å²) in [5.41, 5.74) is 0.882. The Bertz CT molecular complexity index is 444. The lowest BCUT2D eigenvalue weighted by atomic mass is 10.2. The number of benzene rings is 1. The zero-order valence-corrected chi connectivity index (χ0v) is 14.1. The fourth-order valence-corrected chi connectivity index (χ4v) is 1.91. The van der Waals surface area contributed by atoms with E-state index in [-0.39, 0.29) is 24.9 Å². The molecule has 0 aliphatic heterocycles. The molecule has 120 valence electrons. The van der Waals surface area contributed by atoms with E-state index in [0.29, 0.717) is 24.7 Å². The third-order valence-corrected chi connectivity index (χ3v) is 3.07. The summed E-state index contributed by atoms with van der Waals surface area (Å²) in [6, 6.07) is 5.37. The first-order valence-electron chi connectivity index (χ1n) is 6.34. The Morgan fingerprint density at radius 1 is 1.38 bits per heavy atom. The maximum Gasteiger partial charge on any atom is 0.236 e. The Morgan fingerprint density at radius 3 is 2.71 bits per heavy atom. The molecule has 0 heterocycles. The second-order valence-corrected chi connectivity index (χ2v) is 4.81. The van der Waals surface area contributed by atoms with Crippen LogP contribution in [0.4, 0.5) is 0 Å². The van der Waals surface area contributed by atoms with Crippen molar-refractivity contribution in [2.45, 2.75) is 6.54 Å². The normalized spacial score (nSPS) is 9.90. The zero-order valence-electron chi connectivity index (χ0n) is 12.5. The summed E-state index contributed by atoms with van der Waals surface area (Å²) in [5, 5.41) is 3.64. The SMILES string of the molecule is COCCNCC(=O)N(C)Cc1cc(Cl)ccc1OC.Cl. The molecule has 0 unspecified atom stereocenters. The molecule has 5 nitrogen and oxygen atoms in total. The van der Waals surface area contributed by atoms with Gasteiger partial charge in [0, 0.05) is 37.8 Å². The van der Waals surface area contributed by atoms with Gasteiger partial charge in [-0.3, -0.25) is 4.79 Å². The molecule has 21 heavy (non-hydrogen) atoms. The van der Waals surface area contributed by atoms with E-state index >= 15 is 0 Å². The average Bonchev–Trinajstić information content (AvgIpc) is 2.43. The molecule has 0 spiro atoms. The Morgan fingerprint density at radius 2 is 2.10 bits per heavy atom. The lowest BCUT2D eigenvalue weighted by Gasteiger charge is -2.19. The van der Waals surface area contributed by atoms with Crippen molar-refractivity contribution in [3.05, 3.63) is 28.8 Å². The van der Waals surface area contributed by atoms with Gasteiger partial charge in [-0.05, 0) is 18.2 Å². The zero-order chi connectivity index (χ0) is 15.0. The lowest BCUT2D eigenvalue weighted by Crippen LogP contribution is -2.36. The number of hydrogen-bond acceptors (Lipinski definition) is 4. The van der Waals surface area contributed by atoms with Gasteiger partial charge in [0.15, 0.2) is 0 Å². The van der Waals surface area contributed by atoms with Gasteiger partial charge in [0.25, 0.3) is 0 Å².